The number of hydrogen-bond donors (Lipinski definition) is 2. The van der Waals surface area contributed by atoms with Crippen LogP contribution >= 0.6 is 11.3 Å². The van der Waals surface area contributed by atoms with Crippen molar-refractivity contribution in [3.63, 3.8) is 0 Å². The SMILES string of the molecule is CCCCCOc1ccc(/C(O)=C2\C(=O)C(=O)N(c3nc4ccc(CC)cc4s3)C2c2ccc(O)cc2)cc1. The number of amides is 1. The van der Waals surface area contributed by atoms with Crippen molar-refractivity contribution in [3.05, 3.63) is 89.0 Å². The topological polar surface area (TPSA) is 100.0 Å². The van der Waals surface area contributed by atoms with Crippen molar-refractivity contribution < 1.29 is 24.5 Å². The summed E-state index contributed by atoms with van der Waals surface area (Å²) in [5.74, 6) is -1.11. The molecule has 5 rings (SSSR count). The summed E-state index contributed by atoms with van der Waals surface area (Å²) in [6.45, 7) is 4.80. The van der Waals surface area contributed by atoms with E-state index in [0.717, 1.165) is 41.5 Å². The number of hydrogen-bond acceptors (Lipinski definition) is 7. The van der Waals surface area contributed by atoms with Gasteiger partial charge >= 0.3 is 5.91 Å². The highest BCUT2D eigenvalue weighted by Gasteiger charge is 2.48. The summed E-state index contributed by atoms with van der Waals surface area (Å²) in [7, 11) is 0. The molecule has 1 amide bonds. The van der Waals surface area contributed by atoms with Crippen LogP contribution < -0.4 is 9.64 Å². The van der Waals surface area contributed by atoms with Crippen LogP contribution in [0.2, 0.25) is 0 Å². The fourth-order valence-electron chi connectivity index (χ4n) is 4.69. The zero-order valence-electron chi connectivity index (χ0n) is 21.9. The Balaban J connectivity index is 1.57. The Morgan fingerprint density at radius 1 is 1.00 bits per heavy atom. The Morgan fingerprint density at radius 2 is 1.74 bits per heavy atom. The summed E-state index contributed by atoms with van der Waals surface area (Å²) in [5, 5.41) is 21.6. The van der Waals surface area contributed by atoms with Gasteiger partial charge in [0.2, 0.25) is 0 Å². The molecule has 0 spiro atoms. The van der Waals surface area contributed by atoms with Gasteiger partial charge in [-0.15, -0.1) is 0 Å². The Labute approximate surface area is 231 Å². The number of benzene rings is 3. The molecule has 1 fully saturated rings. The first-order valence-electron chi connectivity index (χ1n) is 13.1. The molecular formula is C31H30N2O5S. The Morgan fingerprint density at radius 3 is 2.44 bits per heavy atom. The first-order chi connectivity index (χ1) is 18.9. The van der Waals surface area contributed by atoms with E-state index in [-0.39, 0.29) is 17.1 Å². The first kappa shape index (κ1) is 26.4. The fourth-order valence-corrected chi connectivity index (χ4v) is 5.74. The molecule has 1 aliphatic heterocycles. The Bertz CT molecular complexity index is 1540. The summed E-state index contributed by atoms with van der Waals surface area (Å²) in [4.78, 5) is 32.9. The third kappa shape index (κ3) is 5.25. The monoisotopic (exact) mass is 542 g/mol. The third-order valence-corrected chi connectivity index (χ3v) is 7.87. The minimum absolute atomic E-state index is 0.0317. The van der Waals surface area contributed by atoms with Gasteiger partial charge in [0.25, 0.3) is 5.78 Å². The van der Waals surface area contributed by atoms with Crippen LogP contribution in [-0.2, 0) is 16.0 Å². The summed E-state index contributed by atoms with van der Waals surface area (Å²) in [6, 6.07) is 18.1. The van der Waals surface area contributed by atoms with E-state index in [0.29, 0.717) is 28.6 Å². The van der Waals surface area contributed by atoms with Gasteiger partial charge in [-0.25, -0.2) is 4.98 Å². The number of carbonyl (C=O) groups is 2. The largest absolute Gasteiger partial charge is 0.508 e. The van der Waals surface area contributed by atoms with Crippen LogP contribution in [0.3, 0.4) is 0 Å². The van der Waals surface area contributed by atoms with Gasteiger partial charge in [0.15, 0.2) is 5.13 Å². The quantitative estimate of drug-likeness (QED) is 0.105. The number of thiazole rings is 1. The van der Waals surface area contributed by atoms with Crippen molar-refractivity contribution in [1.29, 1.82) is 0 Å². The zero-order chi connectivity index (χ0) is 27.5. The summed E-state index contributed by atoms with van der Waals surface area (Å²) >= 11 is 1.33. The molecular weight excluding hydrogens is 512 g/mol. The maximum Gasteiger partial charge on any atom is 0.301 e. The normalized spacial score (nSPS) is 16.8. The number of phenolic OH excluding ortho intramolecular Hbond substituents is 1. The van der Waals surface area contributed by atoms with Crippen LogP contribution in [0.4, 0.5) is 5.13 Å². The minimum Gasteiger partial charge on any atom is -0.508 e. The van der Waals surface area contributed by atoms with E-state index in [2.05, 4.69) is 18.8 Å². The number of ketones is 1. The van der Waals surface area contributed by atoms with Crippen molar-refractivity contribution in [3.8, 4) is 11.5 Å². The molecule has 1 atom stereocenters. The maximum absolute atomic E-state index is 13.5. The lowest BCUT2D eigenvalue weighted by Gasteiger charge is -2.23. The van der Waals surface area contributed by atoms with Gasteiger partial charge in [-0.3, -0.25) is 14.5 Å². The number of ether oxygens (including phenoxy) is 1. The maximum atomic E-state index is 13.5. The first-order valence-corrected chi connectivity index (χ1v) is 14.0. The van der Waals surface area contributed by atoms with Crippen LogP contribution in [0.25, 0.3) is 16.0 Å². The number of aryl methyl sites for hydroxylation is 1. The molecule has 1 aliphatic rings. The second kappa shape index (κ2) is 11.3. The molecule has 0 aliphatic carbocycles. The molecule has 2 N–H and O–H groups in total. The van der Waals surface area contributed by atoms with Crippen molar-refractivity contribution >= 4 is 44.1 Å². The number of aliphatic hydroxyl groups excluding tert-OH is 1. The summed E-state index contributed by atoms with van der Waals surface area (Å²) in [5.41, 5.74) is 2.81. The van der Waals surface area contributed by atoms with Gasteiger partial charge in [0.05, 0.1) is 28.4 Å². The fraction of sp³-hybridized carbons (Fsp3) is 0.258. The number of Topliss-reactive ketones (excluding diaryl/α,β-unsaturated/α-hetero) is 1. The number of unbranched alkanes of at least 4 members (excludes halogenated alkanes) is 2. The van der Waals surface area contributed by atoms with Crippen LogP contribution in [0.15, 0.2) is 72.3 Å². The number of fused-ring (bicyclic) bond motifs is 1. The van der Waals surface area contributed by atoms with E-state index >= 15 is 0 Å². The van der Waals surface area contributed by atoms with E-state index in [1.54, 1.807) is 36.4 Å². The number of carbonyl (C=O) groups excluding carboxylic acids is 2. The second-order valence-corrected chi connectivity index (χ2v) is 10.5. The van der Waals surface area contributed by atoms with Gasteiger partial charge < -0.3 is 14.9 Å². The highest BCUT2D eigenvalue weighted by atomic mass is 32.1. The van der Waals surface area contributed by atoms with E-state index in [1.165, 1.54) is 28.4 Å². The smallest absolute Gasteiger partial charge is 0.301 e. The molecule has 1 saturated heterocycles. The van der Waals surface area contributed by atoms with Gasteiger partial charge in [-0.1, -0.05) is 56.2 Å². The lowest BCUT2D eigenvalue weighted by molar-refractivity contribution is -0.132. The number of aromatic nitrogens is 1. The standard InChI is InChI=1S/C31H30N2O5S/c1-3-5-6-17-38-23-14-10-21(11-15-23)28(35)26-27(20-8-12-22(34)13-9-20)33(30(37)29(26)36)31-32-24-16-7-19(4-2)18-25(24)39-31/h7-16,18,27,34-35H,3-6,17H2,1-2H3/b28-26+. The van der Waals surface area contributed by atoms with Crippen LogP contribution in [0, 0.1) is 0 Å². The highest BCUT2D eigenvalue weighted by molar-refractivity contribution is 7.22. The summed E-state index contributed by atoms with van der Waals surface area (Å²) < 4.78 is 6.68. The van der Waals surface area contributed by atoms with Crippen LogP contribution in [0.5, 0.6) is 11.5 Å². The molecule has 39 heavy (non-hydrogen) atoms. The molecule has 0 bridgehead atoms. The molecule has 200 valence electrons. The Kier molecular flexibility index (Phi) is 7.65. The molecule has 1 unspecified atom stereocenters. The summed E-state index contributed by atoms with van der Waals surface area (Å²) in [6.07, 6.45) is 4.01. The predicted octanol–water partition coefficient (Wildman–Crippen LogP) is 6.76. The molecule has 8 heteroatoms. The zero-order valence-corrected chi connectivity index (χ0v) is 22.7. The van der Waals surface area contributed by atoms with E-state index in [1.807, 2.05) is 18.2 Å². The molecule has 3 aromatic carbocycles. The lowest BCUT2D eigenvalue weighted by Crippen LogP contribution is -2.29. The van der Waals surface area contributed by atoms with Crippen LogP contribution in [0.1, 0.15) is 55.8 Å². The van der Waals surface area contributed by atoms with E-state index in [9.17, 15) is 19.8 Å². The number of phenols is 1. The molecule has 7 nitrogen and oxygen atoms in total. The highest BCUT2D eigenvalue weighted by Crippen LogP contribution is 2.44. The van der Waals surface area contributed by atoms with Gasteiger partial charge in [0.1, 0.15) is 17.3 Å². The minimum atomic E-state index is -0.915. The molecule has 1 aromatic heterocycles. The van der Waals surface area contributed by atoms with Crippen molar-refractivity contribution in [2.75, 3.05) is 11.5 Å². The van der Waals surface area contributed by atoms with Crippen molar-refractivity contribution in [2.24, 2.45) is 0 Å². The molecule has 0 saturated carbocycles. The van der Waals surface area contributed by atoms with Crippen molar-refractivity contribution in [2.45, 2.75) is 45.6 Å². The number of aliphatic hydroxyl groups is 1. The predicted molar refractivity (Wildman–Crippen MR) is 153 cm³/mol. The van der Waals surface area contributed by atoms with Gasteiger partial charge in [0, 0.05) is 5.56 Å². The van der Waals surface area contributed by atoms with E-state index in [4.69, 9.17) is 4.74 Å². The molecule has 0 radical (unpaired) electrons. The average Bonchev–Trinajstić information content (AvgIpc) is 3.49. The third-order valence-electron chi connectivity index (χ3n) is 6.85. The number of nitrogens with zero attached hydrogens (tertiary/aromatic N) is 2. The number of anilines is 1. The number of rotatable bonds is 9. The van der Waals surface area contributed by atoms with Gasteiger partial charge in [-0.05, 0) is 72.5 Å². The second-order valence-electron chi connectivity index (χ2n) is 9.49. The molecule has 4 aromatic rings. The lowest BCUT2D eigenvalue weighted by atomic mass is 9.95. The number of aromatic hydroxyl groups is 1. The average molecular weight is 543 g/mol. The van der Waals surface area contributed by atoms with Crippen LogP contribution in [-0.4, -0.2) is 33.5 Å². The Hall–Kier alpha value is -4.17. The van der Waals surface area contributed by atoms with Crippen molar-refractivity contribution in [1.82, 2.24) is 4.98 Å². The molecule has 2 heterocycles. The van der Waals surface area contributed by atoms with Gasteiger partial charge in [-0.2, -0.15) is 0 Å². The van der Waals surface area contributed by atoms with E-state index < -0.39 is 17.7 Å².